The van der Waals surface area contributed by atoms with Crippen LogP contribution in [-0.2, 0) is 23.5 Å². The zero-order valence-corrected chi connectivity index (χ0v) is 24.0. The van der Waals surface area contributed by atoms with Crippen LogP contribution in [0.3, 0.4) is 0 Å². The lowest BCUT2D eigenvalue weighted by Crippen LogP contribution is -2.48. The van der Waals surface area contributed by atoms with E-state index in [9.17, 15) is 9.59 Å². The zero-order valence-electron chi connectivity index (χ0n) is 23.0. The third kappa shape index (κ3) is 6.19. The molecule has 1 saturated carbocycles. The number of rotatable bonds is 11. The van der Waals surface area contributed by atoms with Crippen LogP contribution in [0.15, 0.2) is 36.1 Å². The smallest absolute Gasteiger partial charge is 0.337 e. The molecule has 1 fully saturated rings. The van der Waals surface area contributed by atoms with Gasteiger partial charge in [0.15, 0.2) is 14.1 Å². The van der Waals surface area contributed by atoms with E-state index >= 15 is 0 Å². The van der Waals surface area contributed by atoms with Crippen molar-refractivity contribution in [3.63, 3.8) is 0 Å². The van der Waals surface area contributed by atoms with Gasteiger partial charge in [-0.25, -0.2) is 4.79 Å². The molecule has 1 heterocycles. The number of hydrogen-bond donors (Lipinski definition) is 0. The van der Waals surface area contributed by atoms with E-state index in [0.717, 1.165) is 25.9 Å². The summed E-state index contributed by atoms with van der Waals surface area (Å²) in [5.74, 6) is 0.835. The van der Waals surface area contributed by atoms with Gasteiger partial charge in [0.05, 0.1) is 6.08 Å². The van der Waals surface area contributed by atoms with Crippen molar-refractivity contribution in [2.75, 3.05) is 6.61 Å². The fourth-order valence-corrected chi connectivity index (χ4v) is 12.5. The van der Waals surface area contributed by atoms with E-state index in [0.29, 0.717) is 46.6 Å². The molecule has 0 amide bonds. The van der Waals surface area contributed by atoms with Crippen LogP contribution >= 0.6 is 0 Å². The van der Waals surface area contributed by atoms with Gasteiger partial charge >= 0.3 is 5.97 Å². The van der Waals surface area contributed by atoms with Gasteiger partial charge < -0.3 is 13.9 Å². The topological polar surface area (TPSA) is 61.8 Å². The van der Waals surface area contributed by atoms with Crippen LogP contribution in [-0.4, -0.2) is 32.5 Å². The van der Waals surface area contributed by atoms with Crippen LogP contribution in [0.25, 0.3) is 0 Å². The molecule has 0 aromatic heterocycles. The predicted octanol–water partition coefficient (Wildman–Crippen LogP) is 7.11. The normalized spacial score (nSPS) is 28.3. The quantitative estimate of drug-likeness (QED) is 0.171. The monoisotopic (exact) mass is 502 g/mol. The highest BCUT2D eigenvalue weighted by Crippen LogP contribution is 2.49. The van der Waals surface area contributed by atoms with Crippen LogP contribution < -0.4 is 0 Å². The van der Waals surface area contributed by atoms with Crippen LogP contribution in [0.5, 0.6) is 0 Å². The predicted molar refractivity (Wildman–Crippen MR) is 142 cm³/mol. The van der Waals surface area contributed by atoms with Crippen LogP contribution in [0.1, 0.15) is 81.1 Å². The fraction of sp³-hybridized carbons (Fsp3) is 0.724. The summed E-state index contributed by atoms with van der Waals surface area (Å²) in [5.41, 5.74) is 1.67. The largest absolute Gasteiger partial charge is 0.457 e. The van der Waals surface area contributed by atoms with Crippen molar-refractivity contribution >= 4 is 20.1 Å². The van der Waals surface area contributed by atoms with Gasteiger partial charge in [0, 0.05) is 32.8 Å². The van der Waals surface area contributed by atoms with Gasteiger partial charge in [-0.2, -0.15) is 0 Å². The number of ketones is 1. The Kier molecular flexibility index (Phi) is 8.90. The van der Waals surface area contributed by atoms with Gasteiger partial charge in [-0.15, -0.1) is 0 Å². The molecule has 0 aromatic rings. The Balaban J connectivity index is 1.64. The Morgan fingerprint density at radius 1 is 1.09 bits per heavy atom. The number of ether oxygens (including phenoxy) is 2. The fourth-order valence-electron chi connectivity index (χ4n) is 7.04. The molecular weight excluding hydrogens is 456 g/mol. The molecule has 0 saturated heterocycles. The highest BCUT2D eigenvalue weighted by atomic mass is 28.4. The summed E-state index contributed by atoms with van der Waals surface area (Å²) in [7, 11) is -1.92. The molecule has 0 spiro atoms. The van der Waals surface area contributed by atoms with Gasteiger partial charge in [0.1, 0.15) is 5.76 Å². The standard InChI is InChI=1S/C29H46O5Si/c1-19(2)35(20(3)4,21(5)6)32-16-15-25-22(17-23-13-14-26(30)28(23)25)11-9-10-12-24-18-27(31)34-29(7,8)33-24/h9,11,13-14,18-23,25,28H,10,12,15-17H2,1-8H3/b11-9-/t22-,23+,25+,28+/m1/s1. The van der Waals surface area contributed by atoms with Crippen molar-refractivity contribution in [2.24, 2.45) is 23.7 Å². The average molecular weight is 503 g/mol. The van der Waals surface area contributed by atoms with Crippen LogP contribution in [0, 0.1) is 23.7 Å². The average Bonchev–Trinajstić information content (AvgIpc) is 3.25. The Morgan fingerprint density at radius 3 is 2.34 bits per heavy atom. The molecule has 2 aliphatic carbocycles. The van der Waals surface area contributed by atoms with E-state index in [4.69, 9.17) is 13.9 Å². The molecule has 0 aromatic carbocycles. The summed E-state index contributed by atoms with van der Waals surface area (Å²) in [6.07, 6.45) is 13.3. The Hall–Kier alpha value is -1.66. The van der Waals surface area contributed by atoms with Gasteiger partial charge in [-0.1, -0.05) is 59.8 Å². The number of carbonyl (C=O) groups is 2. The van der Waals surface area contributed by atoms with Gasteiger partial charge in [0.2, 0.25) is 5.79 Å². The molecular formula is C29H46O5Si. The second kappa shape index (κ2) is 11.2. The lowest BCUT2D eigenvalue weighted by molar-refractivity contribution is -0.205. The minimum atomic E-state index is -1.92. The number of fused-ring (bicyclic) bond motifs is 1. The molecule has 35 heavy (non-hydrogen) atoms. The third-order valence-electron chi connectivity index (χ3n) is 8.31. The third-order valence-corrected chi connectivity index (χ3v) is 14.4. The van der Waals surface area contributed by atoms with E-state index < -0.39 is 14.1 Å². The lowest BCUT2D eigenvalue weighted by atomic mass is 9.84. The van der Waals surface area contributed by atoms with Crippen LogP contribution in [0.4, 0.5) is 0 Å². The van der Waals surface area contributed by atoms with Crippen molar-refractivity contribution in [1.29, 1.82) is 0 Å². The second-order valence-corrected chi connectivity index (χ2v) is 17.4. The van der Waals surface area contributed by atoms with Crippen molar-refractivity contribution in [3.8, 4) is 0 Å². The maximum Gasteiger partial charge on any atom is 0.337 e. The molecule has 4 atom stereocenters. The summed E-state index contributed by atoms with van der Waals surface area (Å²) < 4.78 is 17.8. The molecule has 6 heteroatoms. The molecule has 0 N–H and O–H groups in total. The van der Waals surface area contributed by atoms with E-state index in [1.807, 2.05) is 0 Å². The van der Waals surface area contributed by atoms with Crippen molar-refractivity contribution in [2.45, 2.75) is 103 Å². The number of cyclic esters (lactones) is 1. The summed E-state index contributed by atoms with van der Waals surface area (Å²) >= 11 is 0. The molecule has 0 unspecified atom stereocenters. The number of carbonyl (C=O) groups excluding carboxylic acids is 2. The SMILES string of the molecule is CC(C)[Si](OCC[C@@H]1[C@H]2C(=O)C=C[C@H]2C[C@H]1/C=C\CCC1=CC(=O)OC(C)(C)O1)(C(C)C)C(C)C. The van der Waals surface area contributed by atoms with E-state index in [1.165, 1.54) is 6.08 Å². The van der Waals surface area contributed by atoms with Gasteiger partial charge in [-0.05, 0) is 59.7 Å². The number of allylic oxidation sites excluding steroid dienone is 5. The molecule has 3 rings (SSSR count). The zero-order chi connectivity index (χ0) is 26.0. The van der Waals surface area contributed by atoms with E-state index in [-0.39, 0.29) is 17.7 Å². The minimum absolute atomic E-state index is 0.0985. The summed E-state index contributed by atoms with van der Waals surface area (Å²) in [4.78, 5) is 24.5. The first-order valence-corrected chi connectivity index (χ1v) is 15.7. The molecule has 0 bridgehead atoms. The molecule has 0 radical (unpaired) electrons. The summed E-state index contributed by atoms with van der Waals surface area (Å²) in [5, 5.41) is 0. The van der Waals surface area contributed by atoms with E-state index in [1.54, 1.807) is 19.9 Å². The van der Waals surface area contributed by atoms with Crippen molar-refractivity contribution in [3.05, 3.63) is 36.1 Å². The molecule has 5 nitrogen and oxygen atoms in total. The van der Waals surface area contributed by atoms with Crippen molar-refractivity contribution in [1.82, 2.24) is 0 Å². The highest BCUT2D eigenvalue weighted by molar-refractivity contribution is 6.77. The first-order valence-electron chi connectivity index (χ1n) is 13.5. The van der Waals surface area contributed by atoms with Gasteiger partial charge in [0.25, 0.3) is 0 Å². The first-order chi connectivity index (χ1) is 16.4. The first kappa shape index (κ1) is 27.9. The number of esters is 1. The highest BCUT2D eigenvalue weighted by Gasteiger charge is 2.48. The van der Waals surface area contributed by atoms with Crippen molar-refractivity contribution < 1.29 is 23.5 Å². The molecule has 3 aliphatic rings. The molecule has 1 aliphatic heterocycles. The molecule has 196 valence electrons. The Bertz CT molecular complexity index is 845. The Labute approximate surface area is 213 Å². The van der Waals surface area contributed by atoms with Crippen LogP contribution in [0.2, 0.25) is 16.6 Å². The Morgan fingerprint density at radius 2 is 1.74 bits per heavy atom. The summed E-state index contributed by atoms with van der Waals surface area (Å²) in [6.45, 7) is 18.2. The van der Waals surface area contributed by atoms with Gasteiger partial charge in [-0.3, -0.25) is 4.79 Å². The van der Waals surface area contributed by atoms with E-state index in [2.05, 4.69) is 59.8 Å². The maximum atomic E-state index is 12.7. The maximum absolute atomic E-state index is 12.7. The number of hydrogen-bond acceptors (Lipinski definition) is 5. The lowest BCUT2D eigenvalue weighted by Gasteiger charge is -2.42. The minimum Gasteiger partial charge on any atom is -0.457 e. The second-order valence-electron chi connectivity index (χ2n) is 12.0. The summed E-state index contributed by atoms with van der Waals surface area (Å²) in [6, 6.07) is 0.